The van der Waals surface area contributed by atoms with Gasteiger partial charge in [-0.1, -0.05) is 84.9 Å². The van der Waals surface area contributed by atoms with Gasteiger partial charge in [0.25, 0.3) is 11.8 Å². The summed E-state index contributed by atoms with van der Waals surface area (Å²) < 4.78 is 11.3. The number of hydrogen-bond donors (Lipinski definition) is 3. The number of nitrogens with zero attached hydrogens (tertiary/aromatic N) is 2. The fourth-order valence-corrected chi connectivity index (χ4v) is 11.5. The molecule has 12 heteroatoms. The summed E-state index contributed by atoms with van der Waals surface area (Å²) in [5.74, 6) is -0.562. The predicted octanol–water partition coefficient (Wildman–Crippen LogP) is 8.86. The molecule has 6 aromatic rings. The highest BCUT2D eigenvalue weighted by atomic mass is 16.5. The lowest BCUT2D eigenvalue weighted by Crippen LogP contribution is -2.51. The maximum absolute atomic E-state index is 15.2. The summed E-state index contributed by atoms with van der Waals surface area (Å²) in [4.78, 5) is 80.9. The normalized spacial score (nSPS) is 21.8. The van der Waals surface area contributed by atoms with E-state index in [2.05, 4.69) is 20.6 Å². The van der Waals surface area contributed by atoms with Gasteiger partial charge < -0.3 is 30.0 Å². The van der Waals surface area contributed by atoms with Crippen molar-refractivity contribution in [1.29, 1.82) is 0 Å². The molecule has 4 saturated carbocycles. The first-order chi connectivity index (χ1) is 32.1. The molecule has 66 heavy (non-hydrogen) atoms. The number of carbonyl (C=O) groups excluding carboxylic acids is 5. The molecule has 3 amide bonds. The van der Waals surface area contributed by atoms with Crippen LogP contribution in [0.15, 0.2) is 122 Å². The third-order valence-corrected chi connectivity index (χ3v) is 14.2. The summed E-state index contributed by atoms with van der Waals surface area (Å²) in [7, 11) is 0. The summed E-state index contributed by atoms with van der Waals surface area (Å²) in [5.41, 5.74) is 5.38. The molecule has 1 unspecified atom stereocenters. The number of aromatic amines is 1. The number of rotatable bonds is 12. The monoisotopic (exact) mass is 883 g/mol. The van der Waals surface area contributed by atoms with Gasteiger partial charge in [-0.25, -0.2) is 14.6 Å². The van der Waals surface area contributed by atoms with Crippen LogP contribution in [0.5, 0.6) is 0 Å². The van der Waals surface area contributed by atoms with E-state index < -0.39 is 29.8 Å². The van der Waals surface area contributed by atoms with E-state index in [0.29, 0.717) is 30.4 Å². The largest absolute Gasteiger partial charge is 0.457 e. The first-order valence-corrected chi connectivity index (χ1v) is 23.2. The molecule has 5 aliphatic rings. The Bertz CT molecular complexity index is 2690. The average molecular weight is 884 g/mol. The van der Waals surface area contributed by atoms with Crippen LogP contribution in [0.25, 0.3) is 11.0 Å². The first kappa shape index (κ1) is 42.8. The standard InChI is InChI=1S/C54H53N5O7/c60-49(55-32-54-27-36-18-37(28-54)20-38(19-36)29-54)44-25-46-47(57-33-56-46)26-45(44)51(62)59-17-9-16-39-14-7-8-15-40(39)24-48(59)50(61)58-43-22-41(52(63)65-30-34-10-3-1-4-11-34)21-42(23-43)53(64)66-31-35-12-5-2-6-13-35/h1-8,10-15,21-23,25-26,33,36-38,48H,9,16-20,24,27-32H2,(H,55,60)(H,56,57)(H,58,61). The minimum absolute atomic E-state index is 0.00474. The van der Waals surface area contributed by atoms with E-state index in [-0.39, 0.29) is 65.4 Å². The van der Waals surface area contributed by atoms with Crippen molar-refractivity contribution in [3.05, 3.63) is 166 Å². The van der Waals surface area contributed by atoms with Crippen molar-refractivity contribution in [2.45, 2.75) is 77.0 Å². The number of carbonyl (C=O) groups is 5. The lowest BCUT2D eigenvalue weighted by molar-refractivity contribution is -0.120. The Morgan fingerprint density at radius 2 is 1.29 bits per heavy atom. The quantitative estimate of drug-likeness (QED) is 0.103. The van der Waals surface area contributed by atoms with Crippen LogP contribution in [0.3, 0.4) is 0 Å². The topological polar surface area (TPSA) is 160 Å². The Morgan fingerprint density at radius 3 is 1.91 bits per heavy atom. The lowest BCUT2D eigenvalue weighted by atomic mass is 9.49. The smallest absolute Gasteiger partial charge is 0.338 e. The second-order valence-corrected chi connectivity index (χ2v) is 18.9. The molecule has 4 fully saturated rings. The van der Waals surface area contributed by atoms with Crippen LogP contribution in [0, 0.1) is 23.2 Å². The fraction of sp³-hybridized carbons (Fsp3) is 0.333. The Morgan fingerprint density at radius 1 is 0.697 bits per heavy atom. The number of fused-ring (bicyclic) bond motifs is 2. The van der Waals surface area contributed by atoms with Gasteiger partial charge in [-0.3, -0.25) is 14.4 Å². The predicted molar refractivity (Wildman–Crippen MR) is 249 cm³/mol. The number of aromatic nitrogens is 2. The average Bonchev–Trinajstić information content (AvgIpc) is 3.79. The number of amides is 3. The molecule has 0 saturated heterocycles. The molecule has 4 aliphatic carbocycles. The molecule has 3 N–H and O–H groups in total. The van der Waals surface area contributed by atoms with E-state index in [1.54, 1.807) is 17.0 Å². The van der Waals surface area contributed by atoms with Crippen molar-refractivity contribution in [2.75, 3.05) is 18.4 Å². The third kappa shape index (κ3) is 9.22. The zero-order valence-electron chi connectivity index (χ0n) is 36.8. The van der Waals surface area contributed by atoms with Crippen LogP contribution in [0.1, 0.15) is 109 Å². The van der Waals surface area contributed by atoms with Crippen molar-refractivity contribution in [3.63, 3.8) is 0 Å². The Hall–Kier alpha value is -7.08. The molecule has 5 aromatic carbocycles. The molecule has 0 spiro atoms. The van der Waals surface area contributed by atoms with Crippen LogP contribution in [0.4, 0.5) is 5.69 Å². The third-order valence-electron chi connectivity index (χ3n) is 14.2. The molecule has 1 atom stereocenters. The van der Waals surface area contributed by atoms with Crippen molar-refractivity contribution in [1.82, 2.24) is 20.2 Å². The summed E-state index contributed by atoms with van der Waals surface area (Å²) in [6.07, 6.45) is 10.2. The van der Waals surface area contributed by atoms with Gasteiger partial charge in [-0.05, 0) is 127 Å². The van der Waals surface area contributed by atoms with Gasteiger partial charge in [-0.2, -0.15) is 0 Å². The molecule has 0 radical (unpaired) electrons. The minimum atomic E-state index is -1.05. The Balaban J connectivity index is 0.953. The van der Waals surface area contributed by atoms with Crippen LogP contribution < -0.4 is 10.6 Å². The molecule has 1 aromatic heterocycles. The number of imidazole rings is 1. The zero-order valence-corrected chi connectivity index (χ0v) is 36.8. The summed E-state index contributed by atoms with van der Waals surface area (Å²) in [6.45, 7) is 0.779. The molecule has 4 bridgehead atoms. The van der Waals surface area contributed by atoms with Crippen LogP contribution in [-0.4, -0.2) is 63.7 Å². The molecular weight excluding hydrogens is 831 g/mol. The maximum Gasteiger partial charge on any atom is 0.338 e. The van der Waals surface area contributed by atoms with E-state index in [1.165, 1.54) is 43.8 Å². The van der Waals surface area contributed by atoms with E-state index in [4.69, 9.17) is 9.47 Å². The van der Waals surface area contributed by atoms with E-state index in [1.807, 2.05) is 84.9 Å². The Kier molecular flexibility index (Phi) is 12.0. The van der Waals surface area contributed by atoms with Crippen LogP contribution in [0.2, 0.25) is 0 Å². The number of benzene rings is 5. The molecule has 1 aliphatic heterocycles. The van der Waals surface area contributed by atoms with Gasteiger partial charge in [0, 0.05) is 25.2 Å². The number of hydrogen-bond acceptors (Lipinski definition) is 8. The highest BCUT2D eigenvalue weighted by Crippen LogP contribution is 2.59. The van der Waals surface area contributed by atoms with Gasteiger partial charge in [-0.15, -0.1) is 0 Å². The van der Waals surface area contributed by atoms with Gasteiger partial charge in [0.1, 0.15) is 19.3 Å². The second-order valence-electron chi connectivity index (χ2n) is 18.9. The van der Waals surface area contributed by atoms with Crippen molar-refractivity contribution >= 4 is 46.4 Å². The maximum atomic E-state index is 15.2. The van der Waals surface area contributed by atoms with E-state index in [0.717, 1.165) is 59.3 Å². The zero-order chi connectivity index (χ0) is 45.2. The second kappa shape index (κ2) is 18.4. The lowest BCUT2D eigenvalue weighted by Gasteiger charge is -2.56. The summed E-state index contributed by atoms with van der Waals surface area (Å²) in [5, 5.41) is 6.24. The van der Waals surface area contributed by atoms with Crippen LogP contribution in [-0.2, 0) is 40.3 Å². The molecular formula is C54H53N5O7. The van der Waals surface area contributed by atoms with E-state index >= 15 is 4.79 Å². The summed E-state index contributed by atoms with van der Waals surface area (Å²) >= 11 is 0. The van der Waals surface area contributed by atoms with E-state index in [9.17, 15) is 19.2 Å². The van der Waals surface area contributed by atoms with Gasteiger partial charge in [0.2, 0.25) is 5.91 Å². The SMILES string of the molecule is O=C(OCc1ccccc1)c1cc(NC(=O)C2Cc3ccccc3CCCN2C(=O)c2cc3[nH]cnc3cc2C(=O)NCC23CC4CC(CC(C4)C2)C3)cc(C(=O)OCc2ccccc2)c1. The van der Waals surface area contributed by atoms with Gasteiger partial charge in [0.05, 0.1) is 39.6 Å². The fourth-order valence-electron chi connectivity index (χ4n) is 11.5. The number of H-pyrrole nitrogens is 1. The number of esters is 2. The Labute approximate surface area is 383 Å². The number of nitrogens with one attached hydrogen (secondary N) is 3. The number of aryl methyl sites for hydroxylation is 1. The molecule has 11 rings (SSSR count). The highest BCUT2D eigenvalue weighted by molar-refractivity contribution is 6.11. The van der Waals surface area contributed by atoms with Crippen molar-refractivity contribution in [3.8, 4) is 0 Å². The summed E-state index contributed by atoms with van der Waals surface area (Å²) in [6, 6.07) is 32.9. The molecule has 336 valence electrons. The van der Waals surface area contributed by atoms with Crippen molar-refractivity contribution < 1.29 is 33.4 Å². The minimum Gasteiger partial charge on any atom is -0.457 e. The molecule has 12 nitrogen and oxygen atoms in total. The van der Waals surface area contributed by atoms with Gasteiger partial charge >= 0.3 is 11.9 Å². The first-order valence-electron chi connectivity index (χ1n) is 23.2. The highest BCUT2D eigenvalue weighted by Gasteiger charge is 2.51. The van der Waals surface area contributed by atoms with Gasteiger partial charge in [0.15, 0.2) is 0 Å². The van der Waals surface area contributed by atoms with Crippen molar-refractivity contribution in [2.24, 2.45) is 23.2 Å². The van der Waals surface area contributed by atoms with Crippen LogP contribution >= 0.6 is 0 Å². The number of anilines is 1. The molecule has 2 heterocycles. The number of ether oxygens (including phenoxy) is 2.